The molecule has 1 aromatic rings. The Kier molecular flexibility index (Phi) is 8.43. The Morgan fingerprint density at radius 3 is 2.55 bits per heavy atom. The predicted molar refractivity (Wildman–Crippen MR) is 92.1 cm³/mol. The number of hydrogen-bond donors (Lipinski definition) is 1. The van der Waals surface area contributed by atoms with Crippen LogP contribution in [-0.2, 0) is 0 Å². The van der Waals surface area contributed by atoms with E-state index < -0.39 is 0 Å². The molecule has 1 N–H and O–H groups in total. The minimum absolute atomic E-state index is 0.443. The maximum absolute atomic E-state index is 3.61. The molecule has 0 bridgehead atoms. The van der Waals surface area contributed by atoms with Gasteiger partial charge in [0.25, 0.3) is 0 Å². The van der Waals surface area contributed by atoms with Gasteiger partial charge in [0.05, 0.1) is 0 Å². The van der Waals surface area contributed by atoms with Gasteiger partial charge in [-0.25, -0.2) is 0 Å². The topological polar surface area (TPSA) is 15.3 Å². The number of nitrogens with zero attached hydrogens (tertiary/aromatic N) is 1. The summed E-state index contributed by atoms with van der Waals surface area (Å²) >= 11 is 3.57. The van der Waals surface area contributed by atoms with Crippen molar-refractivity contribution in [3.8, 4) is 0 Å². The molecule has 0 amide bonds. The molecule has 0 heterocycles. The third-order valence-corrected chi connectivity index (χ3v) is 4.00. The summed E-state index contributed by atoms with van der Waals surface area (Å²) in [5, 5.41) is 3.61. The highest BCUT2D eigenvalue weighted by molar-refractivity contribution is 9.10. The molecular formula is C17H29BrN2. The van der Waals surface area contributed by atoms with E-state index >= 15 is 0 Å². The lowest BCUT2D eigenvalue weighted by Crippen LogP contribution is -2.32. The molecule has 0 fully saturated rings. The number of hydrogen-bond acceptors (Lipinski definition) is 2. The van der Waals surface area contributed by atoms with Gasteiger partial charge in [-0.15, -0.1) is 0 Å². The van der Waals surface area contributed by atoms with E-state index in [4.69, 9.17) is 0 Å². The molecule has 0 spiro atoms. The average Bonchev–Trinajstić information content (AvgIpc) is 2.41. The minimum atomic E-state index is 0.443. The van der Waals surface area contributed by atoms with Crippen molar-refractivity contribution in [1.82, 2.24) is 10.2 Å². The lowest BCUT2D eigenvalue weighted by atomic mass is 10.0. The second kappa shape index (κ2) is 9.54. The van der Waals surface area contributed by atoms with E-state index in [0.29, 0.717) is 6.04 Å². The zero-order valence-electron chi connectivity index (χ0n) is 13.3. The molecule has 0 radical (unpaired) electrons. The van der Waals surface area contributed by atoms with Crippen LogP contribution in [0.15, 0.2) is 28.7 Å². The van der Waals surface area contributed by atoms with Gasteiger partial charge in [0.1, 0.15) is 0 Å². The van der Waals surface area contributed by atoms with E-state index in [1.165, 1.54) is 12.1 Å². The van der Waals surface area contributed by atoms with Gasteiger partial charge in [0, 0.05) is 17.1 Å². The molecule has 1 aromatic carbocycles. The Labute approximate surface area is 133 Å². The van der Waals surface area contributed by atoms with Crippen LogP contribution in [0.4, 0.5) is 0 Å². The molecule has 0 aliphatic carbocycles. The molecule has 1 rings (SSSR count). The second-order valence-corrected chi connectivity index (χ2v) is 6.66. The summed E-state index contributed by atoms with van der Waals surface area (Å²) in [5.41, 5.74) is 1.38. The smallest absolute Gasteiger partial charge is 0.0332 e. The van der Waals surface area contributed by atoms with Crippen LogP contribution in [0.3, 0.4) is 0 Å². The second-order valence-electron chi connectivity index (χ2n) is 5.74. The molecule has 0 aliphatic rings. The molecule has 1 unspecified atom stereocenters. The first kappa shape index (κ1) is 17.7. The summed E-state index contributed by atoms with van der Waals surface area (Å²) in [7, 11) is 0. The van der Waals surface area contributed by atoms with Gasteiger partial charge in [-0.3, -0.25) is 0 Å². The Morgan fingerprint density at radius 2 is 2.00 bits per heavy atom. The fourth-order valence-electron chi connectivity index (χ4n) is 2.56. The van der Waals surface area contributed by atoms with Gasteiger partial charge < -0.3 is 10.2 Å². The first-order chi connectivity index (χ1) is 9.56. The summed E-state index contributed by atoms with van der Waals surface area (Å²) in [6, 6.07) is 9.10. The molecule has 3 heteroatoms. The molecule has 0 aromatic heterocycles. The van der Waals surface area contributed by atoms with Crippen LogP contribution in [0.2, 0.25) is 0 Å². The Balaban J connectivity index is 2.63. The quantitative estimate of drug-likeness (QED) is 0.713. The van der Waals surface area contributed by atoms with Crippen molar-refractivity contribution in [3.05, 3.63) is 34.3 Å². The fourth-order valence-corrected chi connectivity index (χ4v) is 2.98. The van der Waals surface area contributed by atoms with Crippen molar-refractivity contribution < 1.29 is 0 Å². The van der Waals surface area contributed by atoms with Gasteiger partial charge in [0.15, 0.2) is 0 Å². The van der Waals surface area contributed by atoms with Gasteiger partial charge in [-0.05, 0) is 49.7 Å². The lowest BCUT2D eigenvalue weighted by molar-refractivity contribution is 0.242. The number of halogens is 1. The largest absolute Gasteiger partial charge is 0.310 e. The van der Waals surface area contributed by atoms with Crippen molar-refractivity contribution in [1.29, 1.82) is 0 Å². The number of benzene rings is 1. The highest BCUT2D eigenvalue weighted by Gasteiger charge is 2.13. The van der Waals surface area contributed by atoms with E-state index in [0.717, 1.165) is 36.4 Å². The Morgan fingerprint density at radius 1 is 1.25 bits per heavy atom. The van der Waals surface area contributed by atoms with E-state index in [9.17, 15) is 0 Å². The SMILES string of the molecule is CCNC(CCN(CC)CC(C)C)c1cccc(Br)c1. The maximum atomic E-state index is 3.61. The standard InChI is InChI=1S/C17H29BrN2/c1-5-19-17(15-8-7-9-16(18)12-15)10-11-20(6-2)13-14(3)4/h7-9,12,14,17,19H,5-6,10-11,13H2,1-4H3. The number of rotatable bonds is 9. The molecule has 2 nitrogen and oxygen atoms in total. The van der Waals surface area contributed by atoms with Gasteiger partial charge in [0.2, 0.25) is 0 Å². The van der Waals surface area contributed by atoms with Gasteiger partial charge >= 0.3 is 0 Å². The zero-order valence-corrected chi connectivity index (χ0v) is 14.9. The van der Waals surface area contributed by atoms with Crippen LogP contribution < -0.4 is 5.32 Å². The molecule has 114 valence electrons. The van der Waals surface area contributed by atoms with Gasteiger partial charge in [-0.2, -0.15) is 0 Å². The van der Waals surface area contributed by atoms with E-state index in [1.54, 1.807) is 0 Å². The van der Waals surface area contributed by atoms with Crippen molar-refractivity contribution in [2.45, 2.75) is 40.2 Å². The van der Waals surface area contributed by atoms with Crippen LogP contribution in [0.5, 0.6) is 0 Å². The normalized spacial score (nSPS) is 13.2. The van der Waals surface area contributed by atoms with Crippen LogP contribution in [-0.4, -0.2) is 31.1 Å². The van der Waals surface area contributed by atoms with Crippen molar-refractivity contribution in [2.24, 2.45) is 5.92 Å². The fraction of sp³-hybridized carbons (Fsp3) is 0.647. The highest BCUT2D eigenvalue weighted by Crippen LogP contribution is 2.21. The van der Waals surface area contributed by atoms with Crippen LogP contribution >= 0.6 is 15.9 Å². The zero-order chi connectivity index (χ0) is 15.0. The van der Waals surface area contributed by atoms with E-state index in [-0.39, 0.29) is 0 Å². The molecule has 0 saturated heterocycles. The third kappa shape index (κ3) is 6.38. The molecule has 0 saturated carbocycles. The van der Waals surface area contributed by atoms with E-state index in [2.05, 4.69) is 78.1 Å². The molecule has 1 atom stereocenters. The van der Waals surface area contributed by atoms with Crippen molar-refractivity contribution in [2.75, 3.05) is 26.2 Å². The summed E-state index contributed by atoms with van der Waals surface area (Å²) in [4.78, 5) is 2.55. The first-order valence-electron chi connectivity index (χ1n) is 7.78. The van der Waals surface area contributed by atoms with Crippen LogP contribution in [0.1, 0.15) is 45.7 Å². The summed E-state index contributed by atoms with van der Waals surface area (Å²) in [6.45, 7) is 13.5. The van der Waals surface area contributed by atoms with Crippen molar-refractivity contribution in [3.63, 3.8) is 0 Å². The van der Waals surface area contributed by atoms with Crippen LogP contribution in [0.25, 0.3) is 0 Å². The summed E-state index contributed by atoms with van der Waals surface area (Å²) in [5.74, 6) is 0.735. The first-order valence-corrected chi connectivity index (χ1v) is 8.57. The monoisotopic (exact) mass is 340 g/mol. The Bertz CT molecular complexity index is 379. The van der Waals surface area contributed by atoms with Crippen molar-refractivity contribution >= 4 is 15.9 Å². The molecule has 20 heavy (non-hydrogen) atoms. The Hall–Kier alpha value is -0.380. The predicted octanol–water partition coefficient (Wildman–Crippen LogP) is 4.47. The summed E-state index contributed by atoms with van der Waals surface area (Å²) < 4.78 is 1.16. The van der Waals surface area contributed by atoms with E-state index in [1.807, 2.05) is 0 Å². The van der Waals surface area contributed by atoms with Crippen LogP contribution in [0, 0.1) is 5.92 Å². The average molecular weight is 341 g/mol. The molecular weight excluding hydrogens is 312 g/mol. The minimum Gasteiger partial charge on any atom is -0.310 e. The number of nitrogens with one attached hydrogen (secondary N) is 1. The highest BCUT2D eigenvalue weighted by atomic mass is 79.9. The third-order valence-electron chi connectivity index (χ3n) is 3.51. The molecule has 0 aliphatic heterocycles. The summed E-state index contributed by atoms with van der Waals surface area (Å²) in [6.07, 6.45) is 1.16. The maximum Gasteiger partial charge on any atom is 0.0332 e. The lowest BCUT2D eigenvalue weighted by Gasteiger charge is -2.26. The van der Waals surface area contributed by atoms with Gasteiger partial charge in [-0.1, -0.05) is 55.8 Å².